The van der Waals surface area contributed by atoms with Gasteiger partial charge in [0.15, 0.2) is 11.5 Å². The minimum atomic E-state index is -3.19. The number of methoxy groups -OCH3 is 1. The number of nitrogens with zero attached hydrogens (tertiary/aromatic N) is 3. The van der Waals surface area contributed by atoms with E-state index >= 15 is 0 Å². The lowest BCUT2D eigenvalue weighted by atomic mass is 10.0. The van der Waals surface area contributed by atoms with E-state index in [1.54, 1.807) is 17.6 Å². The van der Waals surface area contributed by atoms with Crippen LogP contribution in [0.5, 0.6) is 17.2 Å². The fourth-order valence-corrected chi connectivity index (χ4v) is 5.35. The van der Waals surface area contributed by atoms with Gasteiger partial charge in [0.25, 0.3) is 0 Å². The molecule has 29 heavy (non-hydrogen) atoms. The number of imidazole rings is 1. The summed E-state index contributed by atoms with van der Waals surface area (Å²) in [4.78, 5) is 4.53. The summed E-state index contributed by atoms with van der Waals surface area (Å²) in [6.45, 7) is 2.30. The van der Waals surface area contributed by atoms with Crippen LogP contribution in [0.3, 0.4) is 0 Å². The molecule has 0 saturated carbocycles. The van der Waals surface area contributed by atoms with Gasteiger partial charge in [-0.2, -0.15) is 4.31 Å². The highest BCUT2D eigenvalue weighted by molar-refractivity contribution is 7.88. The number of hydrogen-bond acceptors (Lipinski definition) is 6. The van der Waals surface area contributed by atoms with E-state index in [-0.39, 0.29) is 6.04 Å². The standard InChI is InChI=1S/C20H27N3O5S/c1-26-17-14-19-18(27-11-12-28-19)13-16(17)20-21-7-10-22(20)9-6-15-5-3-4-8-23(15)29(2,24)25/h7,10,13-15H,3-6,8-9,11-12H2,1-2H3. The molecular formula is C20H27N3O5S. The van der Waals surface area contributed by atoms with Crippen LogP contribution in [-0.4, -0.2) is 61.4 Å². The molecule has 1 atom stereocenters. The van der Waals surface area contributed by atoms with E-state index in [0.29, 0.717) is 43.6 Å². The van der Waals surface area contributed by atoms with Crippen LogP contribution in [0.25, 0.3) is 11.4 Å². The zero-order valence-corrected chi connectivity index (χ0v) is 17.7. The first-order valence-electron chi connectivity index (χ1n) is 9.93. The Bertz CT molecular complexity index is 972. The lowest BCUT2D eigenvalue weighted by molar-refractivity contribution is 0.171. The molecule has 0 bridgehead atoms. The molecule has 0 amide bonds. The fourth-order valence-electron chi connectivity index (χ4n) is 4.13. The number of hydrogen-bond donors (Lipinski definition) is 0. The molecule has 3 heterocycles. The molecule has 2 aromatic rings. The van der Waals surface area contributed by atoms with Crippen molar-refractivity contribution in [2.45, 2.75) is 38.3 Å². The number of piperidine rings is 1. The van der Waals surface area contributed by atoms with Gasteiger partial charge in [-0.1, -0.05) is 6.42 Å². The molecule has 1 aromatic carbocycles. The van der Waals surface area contributed by atoms with Gasteiger partial charge in [0.1, 0.15) is 24.8 Å². The van der Waals surface area contributed by atoms with Gasteiger partial charge in [-0.3, -0.25) is 0 Å². The molecular weight excluding hydrogens is 394 g/mol. The van der Waals surface area contributed by atoms with Gasteiger partial charge in [0.2, 0.25) is 10.0 Å². The van der Waals surface area contributed by atoms with Crippen LogP contribution in [0.1, 0.15) is 25.7 Å². The second kappa shape index (κ2) is 8.23. The van der Waals surface area contributed by atoms with Crippen LogP contribution in [0.15, 0.2) is 24.5 Å². The number of fused-ring (bicyclic) bond motifs is 1. The minimum absolute atomic E-state index is 0.0242. The number of ether oxygens (including phenoxy) is 3. The van der Waals surface area contributed by atoms with Crippen molar-refractivity contribution < 1.29 is 22.6 Å². The second-order valence-electron chi connectivity index (χ2n) is 7.45. The normalized spacial score (nSPS) is 19.9. The molecule has 1 fully saturated rings. The van der Waals surface area contributed by atoms with Crippen LogP contribution < -0.4 is 14.2 Å². The molecule has 0 N–H and O–H groups in total. The molecule has 1 saturated heterocycles. The molecule has 8 nitrogen and oxygen atoms in total. The van der Waals surface area contributed by atoms with Crippen molar-refractivity contribution >= 4 is 10.0 Å². The van der Waals surface area contributed by atoms with Crippen LogP contribution in [0, 0.1) is 0 Å². The molecule has 4 rings (SSSR count). The predicted molar refractivity (Wildman–Crippen MR) is 109 cm³/mol. The molecule has 158 valence electrons. The fraction of sp³-hybridized carbons (Fsp3) is 0.550. The van der Waals surface area contributed by atoms with Crippen LogP contribution in [0.4, 0.5) is 0 Å². The molecule has 2 aliphatic heterocycles. The predicted octanol–water partition coefficient (Wildman–Crippen LogP) is 2.53. The Morgan fingerprint density at radius 3 is 2.69 bits per heavy atom. The second-order valence-corrected chi connectivity index (χ2v) is 9.39. The van der Waals surface area contributed by atoms with Gasteiger partial charge in [-0.05, 0) is 25.3 Å². The first kappa shape index (κ1) is 20.0. The van der Waals surface area contributed by atoms with E-state index < -0.39 is 10.0 Å². The van der Waals surface area contributed by atoms with Gasteiger partial charge in [-0.25, -0.2) is 13.4 Å². The summed E-state index contributed by atoms with van der Waals surface area (Å²) in [6.07, 6.45) is 8.58. The maximum atomic E-state index is 12.1. The number of benzene rings is 1. The Morgan fingerprint density at radius 1 is 1.21 bits per heavy atom. The maximum Gasteiger partial charge on any atom is 0.211 e. The van der Waals surface area contributed by atoms with Gasteiger partial charge in [0, 0.05) is 37.6 Å². The smallest absolute Gasteiger partial charge is 0.211 e. The highest BCUT2D eigenvalue weighted by Gasteiger charge is 2.29. The number of aromatic nitrogens is 2. The summed E-state index contributed by atoms with van der Waals surface area (Å²) < 4.78 is 44.9. The van der Waals surface area contributed by atoms with Crippen LogP contribution >= 0.6 is 0 Å². The molecule has 0 radical (unpaired) electrons. The first-order valence-corrected chi connectivity index (χ1v) is 11.8. The third-order valence-corrected chi connectivity index (χ3v) is 6.86. The molecule has 9 heteroatoms. The van der Waals surface area contributed by atoms with E-state index in [1.807, 2.05) is 22.9 Å². The summed E-state index contributed by atoms with van der Waals surface area (Å²) in [7, 11) is -1.57. The lowest BCUT2D eigenvalue weighted by Gasteiger charge is -2.33. The monoisotopic (exact) mass is 421 g/mol. The van der Waals surface area contributed by atoms with Crippen molar-refractivity contribution in [3.63, 3.8) is 0 Å². The topological polar surface area (TPSA) is 82.9 Å². The molecule has 0 aliphatic carbocycles. The quantitative estimate of drug-likeness (QED) is 0.713. The van der Waals surface area contributed by atoms with E-state index in [2.05, 4.69) is 4.98 Å². The van der Waals surface area contributed by atoms with Gasteiger partial charge < -0.3 is 18.8 Å². The highest BCUT2D eigenvalue weighted by atomic mass is 32.2. The minimum Gasteiger partial charge on any atom is -0.496 e. The number of rotatable bonds is 6. The summed E-state index contributed by atoms with van der Waals surface area (Å²) in [5.74, 6) is 2.77. The van der Waals surface area contributed by atoms with Crippen molar-refractivity contribution in [2.75, 3.05) is 33.1 Å². The van der Waals surface area contributed by atoms with E-state index in [4.69, 9.17) is 14.2 Å². The maximum absolute atomic E-state index is 12.1. The molecule has 1 unspecified atom stereocenters. The van der Waals surface area contributed by atoms with Crippen LogP contribution in [-0.2, 0) is 16.6 Å². The lowest BCUT2D eigenvalue weighted by Crippen LogP contribution is -2.43. The average Bonchev–Trinajstić information content (AvgIpc) is 3.19. The summed E-state index contributed by atoms with van der Waals surface area (Å²) in [6, 6.07) is 3.75. The Balaban J connectivity index is 1.58. The Kier molecular flexibility index (Phi) is 5.69. The van der Waals surface area contributed by atoms with Crippen molar-refractivity contribution in [1.29, 1.82) is 0 Å². The number of aryl methyl sites for hydroxylation is 1. The van der Waals surface area contributed by atoms with E-state index in [9.17, 15) is 8.42 Å². The summed E-state index contributed by atoms with van der Waals surface area (Å²) >= 11 is 0. The SMILES string of the molecule is COc1cc2c(cc1-c1nccn1CCC1CCCCN1S(C)(=O)=O)OCCO2. The highest BCUT2D eigenvalue weighted by Crippen LogP contribution is 2.41. The largest absolute Gasteiger partial charge is 0.496 e. The van der Waals surface area contributed by atoms with Gasteiger partial charge >= 0.3 is 0 Å². The van der Waals surface area contributed by atoms with Crippen molar-refractivity contribution in [3.05, 3.63) is 24.5 Å². The third kappa shape index (κ3) is 4.20. The average molecular weight is 422 g/mol. The molecule has 2 aliphatic rings. The number of sulfonamides is 1. The molecule has 1 aromatic heterocycles. The van der Waals surface area contributed by atoms with Gasteiger partial charge in [-0.15, -0.1) is 0 Å². The zero-order valence-electron chi connectivity index (χ0n) is 16.8. The van der Waals surface area contributed by atoms with E-state index in [1.165, 1.54) is 6.26 Å². The summed E-state index contributed by atoms with van der Waals surface area (Å²) in [5.41, 5.74) is 0.824. The summed E-state index contributed by atoms with van der Waals surface area (Å²) in [5, 5.41) is 0. The van der Waals surface area contributed by atoms with Crippen molar-refractivity contribution in [2.24, 2.45) is 0 Å². The van der Waals surface area contributed by atoms with Crippen molar-refractivity contribution in [1.82, 2.24) is 13.9 Å². The Morgan fingerprint density at radius 2 is 1.97 bits per heavy atom. The van der Waals surface area contributed by atoms with E-state index in [0.717, 1.165) is 37.1 Å². The van der Waals surface area contributed by atoms with Gasteiger partial charge in [0.05, 0.1) is 18.9 Å². The Hall–Kier alpha value is -2.26. The zero-order chi connectivity index (χ0) is 20.4. The first-order chi connectivity index (χ1) is 14.0. The Labute approximate surface area is 171 Å². The molecule has 0 spiro atoms. The third-order valence-electron chi connectivity index (χ3n) is 5.52. The van der Waals surface area contributed by atoms with Crippen molar-refractivity contribution in [3.8, 4) is 28.6 Å². The van der Waals surface area contributed by atoms with Crippen LogP contribution in [0.2, 0.25) is 0 Å².